The van der Waals surface area contributed by atoms with E-state index in [1.165, 1.54) is 0 Å². The van der Waals surface area contributed by atoms with Crippen molar-refractivity contribution in [3.8, 4) is 0 Å². The molecule has 21 heavy (non-hydrogen) atoms. The van der Waals surface area contributed by atoms with Crippen LogP contribution in [-0.4, -0.2) is 44.9 Å². The number of piperazine rings is 1. The second kappa shape index (κ2) is 6.74. The van der Waals surface area contributed by atoms with Gasteiger partial charge in [0.05, 0.1) is 6.33 Å². The molecule has 0 spiro atoms. The fraction of sp³-hybridized carbons (Fsp3) is 0.667. The molecule has 2 heterocycles. The van der Waals surface area contributed by atoms with Gasteiger partial charge in [0.15, 0.2) is 0 Å². The van der Waals surface area contributed by atoms with Crippen LogP contribution in [0.3, 0.4) is 0 Å². The summed E-state index contributed by atoms with van der Waals surface area (Å²) in [6.07, 6.45) is 7.09. The number of hydrogen-bond donors (Lipinski definition) is 1. The third kappa shape index (κ3) is 3.43. The summed E-state index contributed by atoms with van der Waals surface area (Å²) in [5, 5.41) is 2.78. The summed E-state index contributed by atoms with van der Waals surface area (Å²) >= 11 is 0. The van der Waals surface area contributed by atoms with Gasteiger partial charge in [0.2, 0.25) is 11.8 Å². The fourth-order valence-corrected chi connectivity index (χ4v) is 2.77. The van der Waals surface area contributed by atoms with Crippen LogP contribution in [-0.2, 0) is 16.1 Å². The SMILES string of the molecule is CCC(C)C1C(=O)NC(C)C(=O)N1CCCn1ccnc1. The molecule has 6 heteroatoms. The van der Waals surface area contributed by atoms with Crippen molar-refractivity contribution in [2.45, 2.75) is 52.2 Å². The first kappa shape index (κ1) is 15.5. The van der Waals surface area contributed by atoms with Crippen LogP contribution >= 0.6 is 0 Å². The zero-order valence-corrected chi connectivity index (χ0v) is 13.0. The molecule has 0 saturated carbocycles. The Morgan fingerprint density at radius 3 is 2.76 bits per heavy atom. The molecule has 0 radical (unpaired) electrons. The third-order valence-corrected chi connectivity index (χ3v) is 4.17. The molecule has 1 N–H and O–H groups in total. The van der Waals surface area contributed by atoms with Crippen LogP contribution in [0.2, 0.25) is 0 Å². The highest BCUT2D eigenvalue weighted by Crippen LogP contribution is 2.20. The zero-order chi connectivity index (χ0) is 15.4. The lowest BCUT2D eigenvalue weighted by Crippen LogP contribution is -2.64. The van der Waals surface area contributed by atoms with E-state index >= 15 is 0 Å². The summed E-state index contributed by atoms with van der Waals surface area (Å²) < 4.78 is 1.98. The molecule has 1 aliphatic rings. The van der Waals surface area contributed by atoms with Gasteiger partial charge in [-0.25, -0.2) is 4.98 Å². The Kier molecular flexibility index (Phi) is 4.98. The number of aryl methyl sites for hydroxylation is 1. The third-order valence-electron chi connectivity index (χ3n) is 4.17. The molecular weight excluding hydrogens is 268 g/mol. The Bertz CT molecular complexity index is 486. The number of nitrogens with one attached hydrogen (secondary N) is 1. The number of amides is 2. The van der Waals surface area contributed by atoms with E-state index in [2.05, 4.69) is 10.3 Å². The summed E-state index contributed by atoms with van der Waals surface area (Å²) in [5.74, 6) is 0.152. The molecule has 2 amide bonds. The number of carbonyl (C=O) groups excluding carboxylic acids is 2. The number of imidazole rings is 1. The standard InChI is InChI=1S/C15H24N4O2/c1-4-11(2)13-14(20)17-12(3)15(21)19(13)8-5-7-18-9-6-16-10-18/h6,9-13H,4-5,7-8H2,1-3H3,(H,17,20). The predicted molar refractivity (Wildman–Crippen MR) is 79.4 cm³/mol. The molecule has 1 aliphatic heterocycles. The van der Waals surface area contributed by atoms with Crippen molar-refractivity contribution in [2.75, 3.05) is 6.54 Å². The molecule has 6 nitrogen and oxygen atoms in total. The van der Waals surface area contributed by atoms with Gasteiger partial charge < -0.3 is 14.8 Å². The summed E-state index contributed by atoms with van der Waals surface area (Å²) in [4.78, 5) is 30.4. The summed E-state index contributed by atoms with van der Waals surface area (Å²) in [6, 6.07) is -0.771. The first-order valence-electron chi connectivity index (χ1n) is 7.61. The highest BCUT2D eigenvalue weighted by molar-refractivity contribution is 5.96. The van der Waals surface area contributed by atoms with Gasteiger partial charge in [-0.3, -0.25) is 9.59 Å². The van der Waals surface area contributed by atoms with Gasteiger partial charge in [-0.1, -0.05) is 20.3 Å². The van der Waals surface area contributed by atoms with Crippen LogP contribution in [0.15, 0.2) is 18.7 Å². The first-order valence-corrected chi connectivity index (χ1v) is 7.61. The first-order chi connectivity index (χ1) is 10.0. The molecule has 1 saturated heterocycles. The van der Waals surface area contributed by atoms with E-state index in [-0.39, 0.29) is 23.8 Å². The van der Waals surface area contributed by atoms with Gasteiger partial charge in [-0.15, -0.1) is 0 Å². The number of aromatic nitrogens is 2. The minimum absolute atomic E-state index is 0.0190. The van der Waals surface area contributed by atoms with Crippen molar-refractivity contribution in [1.82, 2.24) is 19.8 Å². The average Bonchev–Trinajstić information content (AvgIpc) is 2.96. The Morgan fingerprint density at radius 1 is 1.38 bits per heavy atom. The monoisotopic (exact) mass is 292 g/mol. The van der Waals surface area contributed by atoms with Crippen molar-refractivity contribution in [1.29, 1.82) is 0 Å². The van der Waals surface area contributed by atoms with Gasteiger partial charge in [0, 0.05) is 25.5 Å². The normalized spacial score (nSPS) is 24.0. The molecule has 3 unspecified atom stereocenters. The summed E-state index contributed by atoms with van der Waals surface area (Å²) in [5.41, 5.74) is 0. The van der Waals surface area contributed by atoms with Crippen LogP contribution in [0.4, 0.5) is 0 Å². The number of hydrogen-bond acceptors (Lipinski definition) is 3. The van der Waals surface area contributed by atoms with Gasteiger partial charge in [0.25, 0.3) is 0 Å². The van der Waals surface area contributed by atoms with Gasteiger partial charge >= 0.3 is 0 Å². The largest absolute Gasteiger partial charge is 0.343 e. The van der Waals surface area contributed by atoms with E-state index in [0.29, 0.717) is 6.54 Å². The van der Waals surface area contributed by atoms with Crippen LogP contribution < -0.4 is 5.32 Å². The molecule has 3 atom stereocenters. The molecule has 0 bridgehead atoms. The van der Waals surface area contributed by atoms with Crippen molar-refractivity contribution < 1.29 is 9.59 Å². The lowest BCUT2D eigenvalue weighted by atomic mass is 9.93. The van der Waals surface area contributed by atoms with Crippen molar-refractivity contribution >= 4 is 11.8 Å². The Morgan fingerprint density at radius 2 is 2.14 bits per heavy atom. The number of nitrogens with zero attached hydrogens (tertiary/aromatic N) is 3. The van der Waals surface area contributed by atoms with E-state index < -0.39 is 6.04 Å². The van der Waals surface area contributed by atoms with E-state index in [1.54, 1.807) is 24.3 Å². The van der Waals surface area contributed by atoms with Crippen molar-refractivity contribution in [3.05, 3.63) is 18.7 Å². The minimum atomic E-state index is -0.425. The minimum Gasteiger partial charge on any atom is -0.343 e. The van der Waals surface area contributed by atoms with E-state index in [4.69, 9.17) is 0 Å². The molecule has 0 aliphatic carbocycles. The van der Waals surface area contributed by atoms with Crippen LogP contribution in [0.25, 0.3) is 0 Å². The molecular formula is C15H24N4O2. The maximum Gasteiger partial charge on any atom is 0.245 e. The predicted octanol–water partition coefficient (Wildman–Crippen LogP) is 1.03. The maximum atomic E-state index is 12.4. The van der Waals surface area contributed by atoms with Crippen molar-refractivity contribution in [3.63, 3.8) is 0 Å². The number of rotatable bonds is 6. The van der Waals surface area contributed by atoms with Gasteiger partial charge in [-0.2, -0.15) is 0 Å². The molecule has 1 aromatic rings. The topological polar surface area (TPSA) is 67.2 Å². The van der Waals surface area contributed by atoms with Crippen molar-refractivity contribution in [2.24, 2.45) is 5.92 Å². The highest BCUT2D eigenvalue weighted by atomic mass is 16.2. The summed E-state index contributed by atoms with van der Waals surface area (Å²) in [7, 11) is 0. The Balaban J connectivity index is 2.03. The van der Waals surface area contributed by atoms with Crippen LogP contribution in [0.5, 0.6) is 0 Å². The lowest BCUT2D eigenvalue weighted by Gasteiger charge is -2.40. The molecule has 116 valence electrons. The second-order valence-corrected chi connectivity index (χ2v) is 5.75. The molecule has 2 rings (SSSR count). The van der Waals surface area contributed by atoms with Crippen LogP contribution in [0.1, 0.15) is 33.6 Å². The lowest BCUT2D eigenvalue weighted by molar-refractivity contribution is -0.151. The summed E-state index contributed by atoms with van der Waals surface area (Å²) in [6.45, 7) is 7.22. The fourth-order valence-electron chi connectivity index (χ4n) is 2.77. The Hall–Kier alpha value is -1.85. The van der Waals surface area contributed by atoms with E-state index in [0.717, 1.165) is 19.4 Å². The average molecular weight is 292 g/mol. The molecule has 1 fully saturated rings. The second-order valence-electron chi connectivity index (χ2n) is 5.75. The quantitative estimate of drug-likeness (QED) is 0.851. The molecule has 0 aromatic carbocycles. The highest BCUT2D eigenvalue weighted by Gasteiger charge is 2.40. The van der Waals surface area contributed by atoms with Gasteiger partial charge in [-0.05, 0) is 19.3 Å². The zero-order valence-electron chi connectivity index (χ0n) is 13.0. The maximum absolute atomic E-state index is 12.4. The smallest absolute Gasteiger partial charge is 0.245 e. The molecule has 1 aromatic heterocycles. The van der Waals surface area contributed by atoms with Gasteiger partial charge in [0.1, 0.15) is 12.1 Å². The van der Waals surface area contributed by atoms with E-state index in [9.17, 15) is 9.59 Å². The van der Waals surface area contributed by atoms with Crippen LogP contribution in [0, 0.1) is 5.92 Å². The van der Waals surface area contributed by atoms with E-state index in [1.807, 2.05) is 24.6 Å². The Labute approximate surface area is 125 Å². The number of carbonyl (C=O) groups is 2.